The number of halogens is 1. The van der Waals surface area contributed by atoms with Crippen LogP contribution < -0.4 is 10.2 Å². The number of hydrogen-bond acceptors (Lipinski definition) is 4. The zero-order chi connectivity index (χ0) is 19.4. The molecule has 1 aromatic rings. The van der Waals surface area contributed by atoms with Crippen molar-refractivity contribution in [3.8, 4) is 0 Å². The molecule has 0 aliphatic carbocycles. The van der Waals surface area contributed by atoms with Crippen LogP contribution in [-0.2, 0) is 16.6 Å². The highest BCUT2D eigenvalue weighted by atomic mass is 127. The van der Waals surface area contributed by atoms with Crippen LogP contribution in [0, 0.1) is 5.92 Å². The van der Waals surface area contributed by atoms with Gasteiger partial charge in [0.15, 0.2) is 5.96 Å². The Hall–Kier alpha value is -1.85. The van der Waals surface area contributed by atoms with Gasteiger partial charge in [-0.3, -0.25) is 19.3 Å². The Morgan fingerprint density at radius 2 is 1.96 bits per heavy atom. The maximum atomic E-state index is 12.6. The smallest absolute Gasteiger partial charge is 0.246 e. The fourth-order valence-electron chi connectivity index (χ4n) is 3.69. The molecule has 0 spiro atoms. The number of aromatic nitrogens is 2. The molecule has 2 saturated heterocycles. The highest BCUT2D eigenvalue weighted by molar-refractivity contribution is 14.0. The number of carbonyl (C=O) groups is 2. The van der Waals surface area contributed by atoms with E-state index in [4.69, 9.17) is 0 Å². The molecule has 156 valence electrons. The predicted octanol–water partition coefficient (Wildman–Crippen LogP) is 0.521. The summed E-state index contributed by atoms with van der Waals surface area (Å²) in [6.07, 6.45) is 5.57. The van der Waals surface area contributed by atoms with E-state index in [2.05, 4.69) is 15.4 Å². The molecule has 9 nitrogen and oxygen atoms in total. The number of nitrogens with one attached hydrogen (secondary N) is 1. The minimum Gasteiger partial charge on any atom is -0.356 e. The highest BCUT2D eigenvalue weighted by Gasteiger charge is 2.28. The monoisotopic (exact) mass is 503 g/mol. The van der Waals surface area contributed by atoms with Crippen molar-refractivity contribution in [3.05, 3.63) is 12.4 Å². The van der Waals surface area contributed by atoms with Crippen LogP contribution in [0.1, 0.15) is 19.8 Å². The van der Waals surface area contributed by atoms with Crippen LogP contribution >= 0.6 is 24.0 Å². The summed E-state index contributed by atoms with van der Waals surface area (Å²) in [5.74, 6) is 1.49. The van der Waals surface area contributed by atoms with Crippen LogP contribution in [0.5, 0.6) is 0 Å². The van der Waals surface area contributed by atoms with Crippen molar-refractivity contribution in [2.75, 3.05) is 51.2 Å². The summed E-state index contributed by atoms with van der Waals surface area (Å²) in [5, 5.41) is 7.56. The van der Waals surface area contributed by atoms with Crippen LogP contribution in [-0.4, -0.2) is 83.7 Å². The Kier molecular flexibility index (Phi) is 8.08. The number of amides is 2. The average molecular weight is 503 g/mol. The van der Waals surface area contributed by atoms with Crippen LogP contribution in [0.2, 0.25) is 0 Å². The van der Waals surface area contributed by atoms with Gasteiger partial charge in [0.2, 0.25) is 11.8 Å². The lowest BCUT2D eigenvalue weighted by Crippen LogP contribution is -2.56. The van der Waals surface area contributed by atoms with Gasteiger partial charge in [-0.1, -0.05) is 0 Å². The number of aryl methyl sites for hydroxylation is 1. The quantitative estimate of drug-likeness (QED) is 0.370. The molecule has 0 saturated carbocycles. The first-order valence-electron chi connectivity index (χ1n) is 9.48. The van der Waals surface area contributed by atoms with Gasteiger partial charge in [-0.25, -0.2) is 0 Å². The number of likely N-dealkylation sites (tertiary alicyclic amines) is 1. The lowest BCUT2D eigenvalue weighted by atomic mass is 9.97. The summed E-state index contributed by atoms with van der Waals surface area (Å²) >= 11 is 0. The van der Waals surface area contributed by atoms with Gasteiger partial charge in [0.25, 0.3) is 0 Å². The highest BCUT2D eigenvalue weighted by Crippen LogP contribution is 2.18. The van der Waals surface area contributed by atoms with Gasteiger partial charge in [0.1, 0.15) is 6.54 Å². The van der Waals surface area contributed by atoms with Crippen molar-refractivity contribution in [2.24, 2.45) is 18.0 Å². The zero-order valence-electron chi connectivity index (χ0n) is 16.8. The van der Waals surface area contributed by atoms with E-state index in [1.54, 1.807) is 29.7 Å². The average Bonchev–Trinajstić information content (AvgIpc) is 3.09. The summed E-state index contributed by atoms with van der Waals surface area (Å²) in [7, 11) is 3.59. The Labute approximate surface area is 183 Å². The van der Waals surface area contributed by atoms with Crippen molar-refractivity contribution in [2.45, 2.75) is 19.8 Å². The largest absolute Gasteiger partial charge is 0.356 e. The SMILES string of the molecule is CN=C(NCC1CCN(C(C)=O)CC1)N1CCN(c2cnn(C)c2)C(=O)C1.I. The summed E-state index contributed by atoms with van der Waals surface area (Å²) < 4.78 is 1.70. The Morgan fingerprint density at radius 3 is 2.50 bits per heavy atom. The number of aliphatic imine (C=N–C) groups is 1. The Balaban J connectivity index is 0.00000280. The van der Waals surface area contributed by atoms with E-state index in [0.717, 1.165) is 50.7 Å². The van der Waals surface area contributed by atoms with Crippen molar-refractivity contribution < 1.29 is 9.59 Å². The molecule has 3 heterocycles. The second-order valence-corrected chi connectivity index (χ2v) is 7.22. The summed E-state index contributed by atoms with van der Waals surface area (Å²) in [6, 6.07) is 0. The molecule has 0 aromatic carbocycles. The van der Waals surface area contributed by atoms with Gasteiger partial charge in [-0.05, 0) is 18.8 Å². The van der Waals surface area contributed by atoms with E-state index < -0.39 is 0 Å². The number of carbonyl (C=O) groups excluding carboxylic acids is 2. The van der Waals surface area contributed by atoms with Gasteiger partial charge in [0, 0.05) is 59.9 Å². The molecule has 0 radical (unpaired) electrons. The van der Waals surface area contributed by atoms with Crippen molar-refractivity contribution in [1.82, 2.24) is 24.9 Å². The number of piperazine rings is 1. The number of anilines is 1. The molecule has 1 N–H and O–H groups in total. The van der Waals surface area contributed by atoms with E-state index >= 15 is 0 Å². The molecule has 0 atom stereocenters. The van der Waals surface area contributed by atoms with Gasteiger partial charge in [0.05, 0.1) is 11.9 Å². The third-order valence-corrected chi connectivity index (χ3v) is 5.34. The Bertz CT molecular complexity index is 713. The lowest BCUT2D eigenvalue weighted by Gasteiger charge is -2.36. The fraction of sp³-hybridized carbons (Fsp3) is 0.667. The number of piperidine rings is 1. The third kappa shape index (κ3) is 5.36. The van der Waals surface area contributed by atoms with Crippen molar-refractivity contribution in [3.63, 3.8) is 0 Å². The normalized spacial score (nSPS) is 18.9. The number of rotatable bonds is 3. The van der Waals surface area contributed by atoms with Crippen LogP contribution in [0.4, 0.5) is 5.69 Å². The molecular weight excluding hydrogens is 473 g/mol. The van der Waals surface area contributed by atoms with E-state index in [-0.39, 0.29) is 35.8 Å². The molecule has 1 aromatic heterocycles. The van der Waals surface area contributed by atoms with Crippen LogP contribution in [0.25, 0.3) is 0 Å². The maximum absolute atomic E-state index is 12.6. The molecule has 2 aliphatic rings. The first-order valence-corrected chi connectivity index (χ1v) is 9.48. The molecular formula is C18H30IN7O2. The van der Waals surface area contributed by atoms with E-state index in [0.29, 0.717) is 19.0 Å². The van der Waals surface area contributed by atoms with E-state index in [9.17, 15) is 9.59 Å². The van der Waals surface area contributed by atoms with E-state index in [1.165, 1.54) is 0 Å². The first-order chi connectivity index (χ1) is 13.0. The molecule has 2 fully saturated rings. The van der Waals surface area contributed by atoms with Crippen molar-refractivity contribution in [1.29, 1.82) is 0 Å². The molecule has 0 bridgehead atoms. The summed E-state index contributed by atoms with van der Waals surface area (Å²) in [5.41, 5.74) is 0.835. The molecule has 2 amide bonds. The minimum absolute atomic E-state index is 0. The second kappa shape index (κ2) is 10.1. The van der Waals surface area contributed by atoms with Crippen LogP contribution in [0.3, 0.4) is 0 Å². The number of guanidine groups is 1. The summed E-state index contributed by atoms with van der Waals surface area (Å²) in [6.45, 7) is 5.73. The minimum atomic E-state index is 0. The topological polar surface area (TPSA) is 86.1 Å². The van der Waals surface area contributed by atoms with Gasteiger partial charge in [-0.2, -0.15) is 5.10 Å². The first kappa shape index (κ1) is 22.4. The predicted molar refractivity (Wildman–Crippen MR) is 119 cm³/mol. The number of nitrogens with zero attached hydrogens (tertiary/aromatic N) is 6. The van der Waals surface area contributed by atoms with E-state index in [1.807, 2.05) is 23.0 Å². The van der Waals surface area contributed by atoms with Gasteiger partial charge in [-0.15, -0.1) is 24.0 Å². The maximum Gasteiger partial charge on any atom is 0.246 e. The fourth-order valence-corrected chi connectivity index (χ4v) is 3.69. The molecule has 2 aliphatic heterocycles. The molecule has 3 rings (SSSR count). The molecule has 28 heavy (non-hydrogen) atoms. The van der Waals surface area contributed by atoms with Gasteiger partial charge < -0.3 is 20.0 Å². The molecule has 10 heteroatoms. The second-order valence-electron chi connectivity index (χ2n) is 7.22. The van der Waals surface area contributed by atoms with Crippen LogP contribution in [0.15, 0.2) is 17.4 Å². The van der Waals surface area contributed by atoms with Crippen molar-refractivity contribution >= 4 is 47.4 Å². The van der Waals surface area contributed by atoms with Gasteiger partial charge >= 0.3 is 0 Å². The standard InChI is InChI=1S/C18H29N7O2.HI/c1-14(26)23-6-4-15(5-7-23)10-20-18(19-2)24-8-9-25(17(27)13-24)16-11-21-22(3)12-16;/h11-12,15H,4-10,13H2,1-3H3,(H,19,20);1H. The third-order valence-electron chi connectivity index (χ3n) is 5.34. The molecule has 0 unspecified atom stereocenters. The Morgan fingerprint density at radius 1 is 1.25 bits per heavy atom. The number of hydrogen-bond donors (Lipinski definition) is 1. The summed E-state index contributed by atoms with van der Waals surface area (Å²) in [4.78, 5) is 34.0. The zero-order valence-corrected chi connectivity index (χ0v) is 19.1. The lowest BCUT2D eigenvalue weighted by molar-refractivity contribution is -0.130.